The molecule has 2 heterocycles. The monoisotopic (exact) mass is 428 g/mol. The van der Waals surface area contributed by atoms with E-state index in [2.05, 4.69) is 42.9 Å². The molecular weight excluding hydrogens is 394 g/mol. The van der Waals surface area contributed by atoms with Gasteiger partial charge in [-0.05, 0) is 37.7 Å². The van der Waals surface area contributed by atoms with Gasteiger partial charge in [0, 0.05) is 0 Å². The van der Waals surface area contributed by atoms with Gasteiger partial charge in [0.15, 0.2) is 0 Å². The van der Waals surface area contributed by atoms with E-state index in [-0.39, 0.29) is 35.9 Å². The molecule has 2 rings (SSSR count). The van der Waals surface area contributed by atoms with Gasteiger partial charge in [-0.15, -0.1) is 7.92 Å². The third-order valence-electron chi connectivity index (χ3n) is 3.51. The molecule has 0 fully saturated rings. The predicted octanol–water partition coefficient (Wildman–Crippen LogP) is 3.63. The summed E-state index contributed by atoms with van der Waals surface area (Å²) in [6, 6.07) is 12.9. The second-order valence-corrected chi connectivity index (χ2v) is 8.49. The predicted molar refractivity (Wildman–Crippen MR) is 112 cm³/mol. The average Bonchev–Trinajstić information content (AvgIpc) is 2.71. The van der Waals surface area contributed by atoms with Gasteiger partial charge in [0.05, 0.1) is 0 Å². The summed E-state index contributed by atoms with van der Waals surface area (Å²) in [6.07, 6.45) is 19.9. The number of rotatable bonds is 9. The molecule has 0 saturated carbocycles. The number of aromatic nitrogens is 2. The second kappa shape index (κ2) is 28.1. The zero-order valence-electron chi connectivity index (χ0n) is 17.6. The van der Waals surface area contributed by atoms with Gasteiger partial charge in [0.1, 0.15) is 0 Å². The molecule has 0 amide bonds. The van der Waals surface area contributed by atoms with E-state index in [9.17, 15) is 0 Å². The Labute approximate surface area is 192 Å². The maximum atomic E-state index is 3.73. The summed E-state index contributed by atoms with van der Waals surface area (Å²) >= 11 is 0. The van der Waals surface area contributed by atoms with Gasteiger partial charge in [-0.25, -0.2) is 24.3 Å². The van der Waals surface area contributed by atoms with Crippen molar-refractivity contribution in [2.45, 2.75) is 59.3 Å². The van der Waals surface area contributed by atoms with Crippen LogP contribution in [0.5, 0.6) is 0 Å². The van der Waals surface area contributed by atoms with E-state index < -0.39 is 0 Å². The summed E-state index contributed by atoms with van der Waals surface area (Å²) in [4.78, 5) is 7.46. The van der Waals surface area contributed by atoms with E-state index in [1.54, 1.807) is 43.3 Å². The summed E-state index contributed by atoms with van der Waals surface area (Å²) in [5.74, 6) is 0. The Morgan fingerprint density at radius 2 is 1.07 bits per heavy atom. The molecule has 0 aliphatic heterocycles. The van der Waals surface area contributed by atoms with Crippen molar-refractivity contribution >= 4 is 7.92 Å². The maximum Gasteiger partial charge on any atom is 1.00 e. The summed E-state index contributed by atoms with van der Waals surface area (Å²) in [5.41, 5.74) is 0. The fraction of sp³-hybridized carbons (Fsp3) is 0.545. The minimum atomic E-state index is 0. The van der Waals surface area contributed by atoms with E-state index >= 15 is 0 Å². The minimum absolute atomic E-state index is 0. The normalized spacial score (nSPS) is 8.89. The molecule has 0 N–H and O–H groups in total. The third kappa shape index (κ3) is 25.8. The van der Waals surface area contributed by atoms with Crippen molar-refractivity contribution in [1.82, 2.24) is 9.97 Å². The van der Waals surface area contributed by atoms with Gasteiger partial charge in [0.25, 0.3) is 0 Å². The Morgan fingerprint density at radius 3 is 1.22 bits per heavy atom. The SMILES string of the molecule is CCCCP(CCCC)CCCC.[Cu+].[Li+].[c-]1cccnc1.[c-]1cccnc1. The molecular formula is C22H35CuLiN2P. The van der Waals surface area contributed by atoms with Crippen LogP contribution >= 0.6 is 7.92 Å². The van der Waals surface area contributed by atoms with Crippen molar-refractivity contribution in [3.63, 3.8) is 0 Å². The van der Waals surface area contributed by atoms with Crippen LogP contribution in [0.2, 0.25) is 0 Å². The van der Waals surface area contributed by atoms with Crippen LogP contribution in [0.3, 0.4) is 0 Å². The molecule has 0 unspecified atom stereocenters. The van der Waals surface area contributed by atoms with Crippen LogP contribution in [-0.2, 0) is 17.1 Å². The first-order valence-corrected chi connectivity index (χ1v) is 11.5. The Hall–Kier alpha value is -0.153. The van der Waals surface area contributed by atoms with E-state index in [4.69, 9.17) is 0 Å². The first kappa shape index (κ1) is 31.5. The standard InChI is InChI=1S/C12H27P.2C5H4N.Cu.Li/c1-4-7-10-13(11-8-5-2)12-9-6-3;2*1-2-4-6-5-3-1;;/h4-12H2,1-3H3;2*1-2,4-5H;;/q;2*-1;2*+1. The van der Waals surface area contributed by atoms with Gasteiger partial charge in [0.2, 0.25) is 0 Å². The van der Waals surface area contributed by atoms with Crippen molar-refractivity contribution < 1.29 is 35.9 Å². The van der Waals surface area contributed by atoms with Crippen molar-refractivity contribution in [2.75, 3.05) is 18.5 Å². The summed E-state index contributed by atoms with van der Waals surface area (Å²) in [5, 5.41) is 0. The van der Waals surface area contributed by atoms with Gasteiger partial charge in [-0.1, -0.05) is 64.8 Å². The Bertz CT molecular complexity index is 345. The quantitative estimate of drug-likeness (QED) is 0.346. The van der Waals surface area contributed by atoms with Crippen LogP contribution in [0.4, 0.5) is 0 Å². The van der Waals surface area contributed by atoms with Crippen molar-refractivity contribution in [3.8, 4) is 0 Å². The van der Waals surface area contributed by atoms with E-state index in [1.807, 2.05) is 24.3 Å². The van der Waals surface area contributed by atoms with E-state index in [0.717, 1.165) is 0 Å². The molecule has 150 valence electrons. The van der Waals surface area contributed by atoms with E-state index in [0.29, 0.717) is 7.92 Å². The number of unbranched alkanes of at least 4 members (excludes halogenated alkanes) is 3. The van der Waals surface area contributed by atoms with Crippen molar-refractivity contribution in [2.24, 2.45) is 0 Å². The molecule has 0 spiro atoms. The third-order valence-corrected chi connectivity index (χ3v) is 6.36. The summed E-state index contributed by atoms with van der Waals surface area (Å²) in [6.45, 7) is 6.94. The number of nitrogens with zero attached hydrogens (tertiary/aromatic N) is 2. The Kier molecular flexibility index (Phi) is 32.8. The zero-order chi connectivity index (χ0) is 18.4. The van der Waals surface area contributed by atoms with Gasteiger partial charge in [-0.3, -0.25) is 0 Å². The second-order valence-electron chi connectivity index (χ2n) is 5.81. The molecule has 0 aliphatic rings. The molecule has 0 aliphatic carbocycles. The molecule has 0 bridgehead atoms. The van der Waals surface area contributed by atoms with Crippen LogP contribution in [0, 0.1) is 12.1 Å². The first-order chi connectivity index (χ1) is 12.3. The molecule has 2 aromatic rings. The van der Waals surface area contributed by atoms with E-state index in [1.165, 1.54) is 38.5 Å². The Balaban J connectivity index is -0.000000343. The van der Waals surface area contributed by atoms with Crippen LogP contribution in [0.1, 0.15) is 59.3 Å². The first-order valence-electron chi connectivity index (χ1n) is 9.59. The summed E-state index contributed by atoms with van der Waals surface area (Å²) in [7, 11) is 0.422. The molecule has 0 aromatic carbocycles. The van der Waals surface area contributed by atoms with Crippen molar-refractivity contribution in [3.05, 3.63) is 61.2 Å². The molecule has 0 radical (unpaired) electrons. The average molecular weight is 429 g/mol. The molecule has 2 aromatic heterocycles. The molecule has 0 saturated heterocycles. The topological polar surface area (TPSA) is 25.8 Å². The molecule has 5 heteroatoms. The Morgan fingerprint density at radius 1 is 0.704 bits per heavy atom. The largest absolute Gasteiger partial charge is 1.00 e. The van der Waals surface area contributed by atoms with Crippen LogP contribution < -0.4 is 18.9 Å². The fourth-order valence-corrected chi connectivity index (χ4v) is 5.00. The number of pyridine rings is 2. The van der Waals surface area contributed by atoms with Crippen LogP contribution in [0.25, 0.3) is 0 Å². The summed E-state index contributed by atoms with van der Waals surface area (Å²) < 4.78 is 0. The zero-order valence-corrected chi connectivity index (χ0v) is 19.5. The van der Waals surface area contributed by atoms with Crippen LogP contribution in [0.15, 0.2) is 49.1 Å². The van der Waals surface area contributed by atoms with Gasteiger partial charge < -0.3 is 9.97 Å². The smallest absolute Gasteiger partial charge is 0.304 e. The van der Waals surface area contributed by atoms with Gasteiger partial charge >= 0.3 is 35.9 Å². The maximum absolute atomic E-state index is 3.73. The number of hydrogen-bond donors (Lipinski definition) is 0. The van der Waals surface area contributed by atoms with Crippen LogP contribution in [-0.4, -0.2) is 28.5 Å². The molecule has 0 atom stereocenters. The molecule has 27 heavy (non-hydrogen) atoms. The molecule has 2 nitrogen and oxygen atoms in total. The van der Waals surface area contributed by atoms with Crippen molar-refractivity contribution in [1.29, 1.82) is 0 Å². The van der Waals surface area contributed by atoms with Gasteiger partial charge in [-0.2, -0.15) is 12.1 Å². The fourth-order valence-electron chi connectivity index (χ4n) is 2.04. The minimum Gasteiger partial charge on any atom is -0.304 e. The number of hydrogen-bond acceptors (Lipinski definition) is 2.